The van der Waals surface area contributed by atoms with Crippen LogP contribution in [0.3, 0.4) is 0 Å². The van der Waals surface area contributed by atoms with Gasteiger partial charge in [0.2, 0.25) is 5.91 Å². The van der Waals surface area contributed by atoms with E-state index in [4.69, 9.17) is 5.73 Å². The van der Waals surface area contributed by atoms with Gasteiger partial charge in [-0.25, -0.2) is 0 Å². The molecule has 2 aromatic rings. The van der Waals surface area contributed by atoms with E-state index in [-0.39, 0.29) is 17.9 Å². The summed E-state index contributed by atoms with van der Waals surface area (Å²) in [4.78, 5) is 35.7. The number of hydrogen-bond donors (Lipinski definition) is 2. The van der Waals surface area contributed by atoms with Gasteiger partial charge in [-0.2, -0.15) is 5.10 Å². The van der Waals surface area contributed by atoms with Crippen LogP contribution in [0.5, 0.6) is 0 Å². The van der Waals surface area contributed by atoms with Crippen LogP contribution in [0.15, 0.2) is 0 Å². The maximum atomic E-state index is 12.3. The third-order valence-electron chi connectivity index (χ3n) is 4.24. The smallest absolute Gasteiger partial charge is 0.312 e. The third-order valence-corrected chi connectivity index (χ3v) is 5.45. The number of rotatable bonds is 5. The Kier molecular flexibility index (Phi) is 4.29. The Hall–Kier alpha value is -2.75. The number of thiophene rings is 1. The molecule has 132 valence electrons. The number of nitrogens with two attached hydrogens (primary N) is 1. The number of fused-ring (bicyclic) bond motifs is 1. The second-order valence-corrected chi connectivity index (χ2v) is 7.01. The summed E-state index contributed by atoms with van der Waals surface area (Å²) in [7, 11) is 0. The van der Waals surface area contributed by atoms with Crippen molar-refractivity contribution < 1.29 is 14.5 Å². The minimum absolute atomic E-state index is 0.0966. The minimum atomic E-state index is -0.559. The molecule has 0 aliphatic heterocycles. The molecule has 0 unspecified atom stereocenters. The Bertz CT molecular complexity index is 898. The Labute approximate surface area is 147 Å². The van der Waals surface area contributed by atoms with Crippen LogP contribution in [0.25, 0.3) is 0 Å². The highest BCUT2D eigenvalue weighted by atomic mass is 32.1. The van der Waals surface area contributed by atoms with E-state index in [1.54, 1.807) is 6.92 Å². The van der Waals surface area contributed by atoms with Crippen molar-refractivity contribution in [2.75, 3.05) is 5.32 Å². The van der Waals surface area contributed by atoms with E-state index in [9.17, 15) is 19.7 Å². The first-order chi connectivity index (χ1) is 11.8. The molecule has 9 nitrogen and oxygen atoms in total. The Morgan fingerprint density at radius 3 is 2.72 bits per heavy atom. The number of anilines is 1. The summed E-state index contributed by atoms with van der Waals surface area (Å²) < 4.78 is 1.29. The van der Waals surface area contributed by atoms with E-state index in [0.29, 0.717) is 16.3 Å². The monoisotopic (exact) mass is 363 g/mol. The summed E-state index contributed by atoms with van der Waals surface area (Å²) in [6, 6.07) is 0. The molecular formula is C15H17N5O4S. The number of nitrogens with zero attached hydrogens (tertiary/aromatic N) is 3. The van der Waals surface area contributed by atoms with E-state index >= 15 is 0 Å². The van der Waals surface area contributed by atoms with Gasteiger partial charge < -0.3 is 11.1 Å². The van der Waals surface area contributed by atoms with Gasteiger partial charge in [-0.05, 0) is 38.7 Å². The van der Waals surface area contributed by atoms with Crippen molar-refractivity contribution in [3.63, 3.8) is 0 Å². The first-order valence-electron chi connectivity index (χ1n) is 7.72. The molecule has 2 heterocycles. The Balaban J connectivity index is 1.82. The molecule has 2 aromatic heterocycles. The summed E-state index contributed by atoms with van der Waals surface area (Å²) >= 11 is 1.36. The zero-order chi connectivity index (χ0) is 18.3. The van der Waals surface area contributed by atoms with E-state index in [0.717, 1.165) is 29.7 Å². The lowest BCUT2D eigenvalue weighted by atomic mass is 10.1. The number of aromatic nitrogens is 2. The zero-order valence-electron chi connectivity index (χ0n) is 13.8. The summed E-state index contributed by atoms with van der Waals surface area (Å²) in [5.41, 5.74) is 7.23. The first-order valence-corrected chi connectivity index (χ1v) is 8.53. The van der Waals surface area contributed by atoms with Crippen molar-refractivity contribution in [3.05, 3.63) is 37.5 Å². The largest absolute Gasteiger partial charge is 0.365 e. The second kappa shape index (κ2) is 6.28. The van der Waals surface area contributed by atoms with Gasteiger partial charge >= 0.3 is 5.69 Å². The number of amides is 2. The molecule has 0 bridgehead atoms. The number of nitro groups is 1. The third kappa shape index (κ3) is 3.00. The van der Waals surface area contributed by atoms with E-state index < -0.39 is 16.7 Å². The van der Waals surface area contributed by atoms with Gasteiger partial charge in [-0.15, -0.1) is 11.3 Å². The van der Waals surface area contributed by atoms with Crippen LogP contribution in [0, 0.1) is 24.0 Å². The second-order valence-electron chi connectivity index (χ2n) is 5.91. The van der Waals surface area contributed by atoms with Crippen molar-refractivity contribution in [2.45, 2.75) is 39.7 Å². The molecule has 3 rings (SSSR count). The van der Waals surface area contributed by atoms with Crippen molar-refractivity contribution >= 4 is 33.8 Å². The summed E-state index contributed by atoms with van der Waals surface area (Å²) in [5, 5.41) is 18.2. The van der Waals surface area contributed by atoms with Crippen molar-refractivity contribution in [1.82, 2.24) is 9.78 Å². The molecule has 0 fully saturated rings. The predicted molar refractivity (Wildman–Crippen MR) is 91.8 cm³/mol. The van der Waals surface area contributed by atoms with Crippen LogP contribution in [-0.2, 0) is 24.2 Å². The average molecular weight is 363 g/mol. The van der Waals surface area contributed by atoms with Crippen LogP contribution in [0.4, 0.5) is 10.7 Å². The lowest BCUT2D eigenvalue weighted by Gasteiger charge is -2.07. The number of nitrogens with one attached hydrogen (secondary N) is 1. The number of carbonyl (C=O) groups is 2. The highest BCUT2D eigenvalue weighted by Crippen LogP contribution is 2.38. The molecule has 2 amide bonds. The molecule has 0 saturated carbocycles. The highest BCUT2D eigenvalue weighted by Gasteiger charge is 2.27. The Morgan fingerprint density at radius 1 is 1.40 bits per heavy atom. The minimum Gasteiger partial charge on any atom is -0.365 e. The van der Waals surface area contributed by atoms with Crippen LogP contribution < -0.4 is 11.1 Å². The van der Waals surface area contributed by atoms with E-state index in [2.05, 4.69) is 10.4 Å². The molecular weight excluding hydrogens is 346 g/mol. The number of carbonyl (C=O) groups excluding carboxylic acids is 2. The van der Waals surface area contributed by atoms with Gasteiger partial charge in [-0.3, -0.25) is 24.4 Å². The first kappa shape index (κ1) is 17.1. The van der Waals surface area contributed by atoms with Crippen molar-refractivity contribution in [3.8, 4) is 0 Å². The van der Waals surface area contributed by atoms with Crippen LogP contribution in [-0.4, -0.2) is 26.5 Å². The molecule has 1 aliphatic carbocycles. The normalized spacial score (nSPS) is 12.9. The number of aryl methyl sites for hydroxylation is 2. The van der Waals surface area contributed by atoms with E-state index in [1.165, 1.54) is 22.9 Å². The van der Waals surface area contributed by atoms with Gasteiger partial charge in [0.15, 0.2) is 0 Å². The number of hydrogen-bond acceptors (Lipinski definition) is 6. The fourth-order valence-corrected chi connectivity index (χ4v) is 4.47. The molecule has 0 atom stereocenters. The van der Waals surface area contributed by atoms with E-state index in [1.807, 2.05) is 0 Å². The molecule has 3 N–H and O–H groups in total. The molecule has 25 heavy (non-hydrogen) atoms. The summed E-state index contributed by atoms with van der Waals surface area (Å²) in [5.74, 6) is -0.973. The standard InChI is InChI=1S/C15H17N5O4S/c1-7-13(20(23)24)8(2)19(18-7)6-11(21)17-15-12(14(16)22)9-4-3-5-10(9)25-15/h3-6H2,1-2H3,(H2,16,22)(H,17,21). The van der Waals surface area contributed by atoms with Gasteiger partial charge in [-0.1, -0.05) is 0 Å². The van der Waals surface area contributed by atoms with Crippen LogP contribution in [0.2, 0.25) is 0 Å². The van der Waals surface area contributed by atoms with Gasteiger partial charge in [0.05, 0.1) is 10.5 Å². The molecule has 0 saturated heterocycles. The quantitative estimate of drug-likeness (QED) is 0.616. The van der Waals surface area contributed by atoms with Crippen LogP contribution >= 0.6 is 11.3 Å². The summed E-state index contributed by atoms with van der Waals surface area (Å²) in [6.07, 6.45) is 2.63. The SMILES string of the molecule is Cc1nn(CC(=O)Nc2sc3c(c2C(N)=O)CCC3)c(C)c1[N+](=O)[O-]. The molecule has 0 spiro atoms. The van der Waals surface area contributed by atoms with Crippen LogP contribution in [0.1, 0.15) is 38.6 Å². The van der Waals surface area contributed by atoms with Gasteiger partial charge in [0.25, 0.3) is 5.91 Å². The lowest BCUT2D eigenvalue weighted by Crippen LogP contribution is -2.22. The maximum Gasteiger partial charge on any atom is 0.312 e. The number of primary amides is 1. The van der Waals surface area contributed by atoms with Gasteiger partial charge in [0.1, 0.15) is 22.9 Å². The van der Waals surface area contributed by atoms with Crippen molar-refractivity contribution in [2.24, 2.45) is 5.73 Å². The van der Waals surface area contributed by atoms with Crippen molar-refractivity contribution in [1.29, 1.82) is 0 Å². The molecule has 10 heteroatoms. The zero-order valence-corrected chi connectivity index (χ0v) is 14.6. The molecule has 0 aromatic carbocycles. The average Bonchev–Trinajstić information content (AvgIpc) is 3.12. The predicted octanol–water partition coefficient (Wildman–Crippen LogP) is 1.70. The molecule has 0 radical (unpaired) electrons. The summed E-state index contributed by atoms with van der Waals surface area (Å²) in [6.45, 7) is 2.88. The van der Waals surface area contributed by atoms with Gasteiger partial charge in [0, 0.05) is 4.88 Å². The fourth-order valence-electron chi connectivity index (χ4n) is 3.16. The lowest BCUT2D eigenvalue weighted by molar-refractivity contribution is -0.386. The maximum absolute atomic E-state index is 12.3. The fraction of sp³-hybridized carbons (Fsp3) is 0.400. The molecule has 1 aliphatic rings. The highest BCUT2D eigenvalue weighted by molar-refractivity contribution is 7.17. The topological polar surface area (TPSA) is 133 Å². The Morgan fingerprint density at radius 2 is 2.12 bits per heavy atom.